The quantitative estimate of drug-likeness (QED) is 0.382. The van der Waals surface area contributed by atoms with Crippen LogP contribution in [-0.2, 0) is 0 Å². The number of aryl methyl sites for hydroxylation is 1. The van der Waals surface area contributed by atoms with Crippen molar-refractivity contribution in [3.05, 3.63) is 18.2 Å². The van der Waals surface area contributed by atoms with E-state index in [-0.39, 0.29) is 21.5 Å². The van der Waals surface area contributed by atoms with Crippen LogP contribution in [0.15, 0.2) is 12.4 Å². The maximum atomic E-state index is 4.19. The minimum atomic E-state index is 0.190. The van der Waals surface area contributed by atoms with Gasteiger partial charge in [0.2, 0.25) is 0 Å². The van der Waals surface area contributed by atoms with E-state index < -0.39 is 0 Å². The first-order valence-electron chi connectivity index (χ1n) is 3.94. The molecule has 0 bridgehead atoms. The minimum absolute atomic E-state index is 0.190. The zero-order valence-corrected chi connectivity index (χ0v) is 9.21. The van der Waals surface area contributed by atoms with Gasteiger partial charge in [0.25, 0.3) is 0 Å². The van der Waals surface area contributed by atoms with Crippen LogP contribution in [0.1, 0.15) is 25.6 Å². The van der Waals surface area contributed by atoms with Crippen molar-refractivity contribution in [1.29, 1.82) is 0 Å². The second-order valence-corrected chi connectivity index (χ2v) is 5.25. The Bertz CT molecular complexity index is 208. The fourth-order valence-electron chi connectivity index (χ4n) is 0.774. The van der Waals surface area contributed by atoms with Gasteiger partial charge in [-0.15, -0.1) is 0 Å². The van der Waals surface area contributed by atoms with Gasteiger partial charge >= 0.3 is 78.6 Å². The van der Waals surface area contributed by atoms with E-state index in [1.807, 2.05) is 6.20 Å². The van der Waals surface area contributed by atoms with Crippen molar-refractivity contribution in [3.8, 4) is 0 Å². The Balaban J connectivity index is 2.32. The molecule has 0 radical (unpaired) electrons. The van der Waals surface area contributed by atoms with Gasteiger partial charge in [-0.1, -0.05) is 0 Å². The van der Waals surface area contributed by atoms with Gasteiger partial charge in [-0.3, -0.25) is 0 Å². The van der Waals surface area contributed by atoms with E-state index in [2.05, 4.69) is 27.8 Å². The number of hydrogen-bond acceptors (Lipinski definition) is 1. The number of unbranched alkanes of at least 4 members (excludes halogenated alkanes) is 1. The van der Waals surface area contributed by atoms with Crippen molar-refractivity contribution in [3.63, 3.8) is 0 Å². The Hall–Kier alpha value is -0.0600. The van der Waals surface area contributed by atoms with Crippen molar-refractivity contribution in [2.24, 2.45) is 0 Å². The van der Waals surface area contributed by atoms with Crippen LogP contribution in [0.5, 0.6) is 0 Å². The summed E-state index contributed by atoms with van der Waals surface area (Å²) in [5, 5.41) is 0. The molecule has 3 heteroatoms. The van der Waals surface area contributed by atoms with Crippen molar-refractivity contribution >= 4 is 0 Å². The average Bonchev–Trinajstić information content (AvgIpc) is 2.37. The van der Waals surface area contributed by atoms with Gasteiger partial charge in [0.15, 0.2) is 0 Å². The second kappa shape index (κ2) is 4.74. The standard InChI is InChI=1S/C8H14IN2/c1-3-4-5-9-11-7-6-10-8(11)2/h6-7H,3-5H2,1-2H3/q-1. The summed E-state index contributed by atoms with van der Waals surface area (Å²) >= 11 is 0.190. The molecule has 2 nitrogen and oxygen atoms in total. The first-order chi connectivity index (χ1) is 5.34. The van der Waals surface area contributed by atoms with Crippen LogP contribution in [0.2, 0.25) is 0 Å². The Morgan fingerprint density at radius 3 is 3.00 bits per heavy atom. The van der Waals surface area contributed by atoms with E-state index in [0.717, 1.165) is 0 Å². The summed E-state index contributed by atoms with van der Waals surface area (Å²) in [6, 6.07) is 0. The van der Waals surface area contributed by atoms with Crippen LogP contribution in [0, 0.1) is 6.92 Å². The Kier molecular flexibility index (Phi) is 3.90. The van der Waals surface area contributed by atoms with Crippen molar-refractivity contribution in [2.45, 2.75) is 26.7 Å². The first-order valence-corrected chi connectivity index (χ1v) is 6.43. The van der Waals surface area contributed by atoms with Gasteiger partial charge < -0.3 is 0 Å². The maximum absolute atomic E-state index is 4.19. The van der Waals surface area contributed by atoms with Gasteiger partial charge in [0.05, 0.1) is 0 Å². The molecule has 0 atom stereocenters. The fourth-order valence-corrected chi connectivity index (χ4v) is 3.39. The molecule has 0 amide bonds. The number of imidazole rings is 1. The summed E-state index contributed by atoms with van der Waals surface area (Å²) < 4.78 is 3.70. The molecule has 0 fully saturated rings. The molecule has 1 aromatic heterocycles. The Labute approximate surface area is 78.6 Å². The molecule has 0 saturated heterocycles. The monoisotopic (exact) mass is 265 g/mol. The summed E-state index contributed by atoms with van der Waals surface area (Å²) in [7, 11) is 0. The number of rotatable bonds is 4. The summed E-state index contributed by atoms with van der Waals surface area (Å²) in [5.74, 6) is 1.17. The molecule has 0 unspecified atom stereocenters. The average molecular weight is 265 g/mol. The van der Waals surface area contributed by atoms with E-state index in [0.29, 0.717) is 0 Å². The van der Waals surface area contributed by atoms with Crippen molar-refractivity contribution in [2.75, 3.05) is 4.43 Å². The summed E-state index contributed by atoms with van der Waals surface area (Å²) in [4.78, 5) is 4.19. The molecule has 11 heavy (non-hydrogen) atoms. The number of nitrogens with zero attached hydrogens (tertiary/aromatic N) is 2. The number of aromatic nitrogens is 2. The van der Waals surface area contributed by atoms with E-state index >= 15 is 0 Å². The van der Waals surface area contributed by atoms with Crippen molar-refractivity contribution in [1.82, 2.24) is 7.76 Å². The topological polar surface area (TPSA) is 17.8 Å². The van der Waals surface area contributed by atoms with Crippen LogP contribution in [-0.4, -0.2) is 12.2 Å². The van der Waals surface area contributed by atoms with Crippen LogP contribution >= 0.6 is 0 Å². The Morgan fingerprint density at radius 1 is 1.64 bits per heavy atom. The number of alkyl halides is 1. The summed E-state index contributed by atoms with van der Waals surface area (Å²) in [6.07, 6.45) is 6.66. The third kappa shape index (κ3) is 2.81. The molecule has 0 saturated carbocycles. The van der Waals surface area contributed by atoms with Gasteiger partial charge in [-0.2, -0.15) is 0 Å². The molecule has 0 aromatic carbocycles. The molecule has 1 heterocycles. The molecule has 0 aliphatic rings. The van der Waals surface area contributed by atoms with Gasteiger partial charge in [-0.25, -0.2) is 0 Å². The number of halogens is 1. The van der Waals surface area contributed by atoms with Crippen LogP contribution in [0.3, 0.4) is 0 Å². The van der Waals surface area contributed by atoms with E-state index in [1.54, 1.807) is 0 Å². The third-order valence-electron chi connectivity index (χ3n) is 1.47. The normalized spacial score (nSPS) is 10.7. The van der Waals surface area contributed by atoms with Gasteiger partial charge in [0, 0.05) is 0 Å². The number of hydrogen-bond donors (Lipinski definition) is 0. The van der Waals surface area contributed by atoms with E-state index in [1.165, 1.54) is 23.1 Å². The molecule has 0 aliphatic heterocycles. The summed E-state index contributed by atoms with van der Waals surface area (Å²) in [5.41, 5.74) is 0. The second-order valence-electron chi connectivity index (χ2n) is 2.45. The SMILES string of the molecule is CCCC[I-]n1ccnc1C. The van der Waals surface area contributed by atoms with Gasteiger partial charge in [-0.05, 0) is 0 Å². The van der Waals surface area contributed by atoms with Crippen LogP contribution < -0.4 is 21.5 Å². The third-order valence-corrected chi connectivity index (χ3v) is 4.47. The molecular formula is C8H14IN2-. The molecule has 1 rings (SSSR count). The molecular weight excluding hydrogens is 251 g/mol. The molecule has 0 spiro atoms. The molecule has 1 aromatic rings. The Morgan fingerprint density at radius 2 is 2.45 bits per heavy atom. The summed E-state index contributed by atoms with van der Waals surface area (Å²) in [6.45, 7) is 4.32. The predicted octanol–water partition coefficient (Wildman–Crippen LogP) is -1.16. The zero-order valence-electron chi connectivity index (χ0n) is 7.05. The van der Waals surface area contributed by atoms with Crippen LogP contribution in [0.4, 0.5) is 0 Å². The molecule has 64 valence electrons. The predicted molar refractivity (Wildman–Crippen MR) is 42.1 cm³/mol. The molecule has 0 aliphatic carbocycles. The van der Waals surface area contributed by atoms with Crippen LogP contribution in [0.25, 0.3) is 0 Å². The zero-order chi connectivity index (χ0) is 8.10. The van der Waals surface area contributed by atoms with E-state index in [9.17, 15) is 0 Å². The van der Waals surface area contributed by atoms with Gasteiger partial charge in [0.1, 0.15) is 0 Å². The van der Waals surface area contributed by atoms with E-state index in [4.69, 9.17) is 0 Å². The fraction of sp³-hybridized carbons (Fsp3) is 0.625. The van der Waals surface area contributed by atoms with Crippen molar-refractivity contribution < 1.29 is 21.5 Å². The first kappa shape index (κ1) is 9.03. The molecule has 0 N–H and O–H groups in total.